The van der Waals surface area contributed by atoms with Gasteiger partial charge < -0.3 is 15.3 Å². The third-order valence-electron chi connectivity index (χ3n) is 5.66. The lowest BCUT2D eigenvalue weighted by Crippen LogP contribution is -2.48. The number of benzene rings is 1. The average Bonchev–Trinajstić information content (AvgIpc) is 3.00. The van der Waals surface area contributed by atoms with E-state index in [9.17, 15) is 9.90 Å². The molecule has 2 aliphatic rings. The highest BCUT2D eigenvalue weighted by atomic mass is 35.5. The molecule has 3 rings (SSSR count). The lowest BCUT2D eigenvalue weighted by atomic mass is 9.80. The maximum absolute atomic E-state index is 11.7. The number of fused-ring (bicyclic) bond motifs is 3. The predicted octanol–water partition coefficient (Wildman–Crippen LogP) is 5.04. The van der Waals surface area contributed by atoms with Crippen molar-refractivity contribution in [1.82, 2.24) is 4.90 Å². The van der Waals surface area contributed by atoms with Gasteiger partial charge in [0.05, 0.1) is 0 Å². The Morgan fingerprint density at radius 1 is 1.42 bits per heavy atom. The summed E-state index contributed by atoms with van der Waals surface area (Å²) in [6.45, 7) is 8.65. The maximum atomic E-state index is 11.7. The van der Waals surface area contributed by atoms with E-state index in [0.29, 0.717) is 30.3 Å². The Morgan fingerprint density at radius 2 is 2.12 bits per heavy atom. The second kappa shape index (κ2) is 6.14. The molecule has 1 amide bonds. The normalized spacial score (nSPS) is 26.5. The summed E-state index contributed by atoms with van der Waals surface area (Å²) >= 11 is 6.12. The minimum atomic E-state index is -0.833. The second-order valence-corrected chi connectivity index (χ2v) is 8.73. The minimum absolute atomic E-state index is 0.318. The SMILES string of the molecule is CC(CN(C(=O)O)C(C)(C)C)C1CCC2Nc3cc(Cl)ccc3C21. The van der Waals surface area contributed by atoms with Crippen LogP contribution in [-0.4, -0.2) is 34.2 Å². The van der Waals surface area contributed by atoms with Crippen LogP contribution in [0.1, 0.15) is 52.0 Å². The highest BCUT2D eigenvalue weighted by Gasteiger charge is 2.45. The molecule has 0 aromatic heterocycles. The van der Waals surface area contributed by atoms with E-state index < -0.39 is 6.09 Å². The minimum Gasteiger partial charge on any atom is -0.465 e. The van der Waals surface area contributed by atoms with Crippen molar-refractivity contribution in [2.75, 3.05) is 11.9 Å². The van der Waals surface area contributed by atoms with E-state index in [1.807, 2.05) is 32.9 Å². The lowest BCUT2D eigenvalue weighted by molar-refractivity contribution is 0.0814. The summed E-state index contributed by atoms with van der Waals surface area (Å²) in [6, 6.07) is 6.57. The Morgan fingerprint density at radius 3 is 2.75 bits per heavy atom. The molecule has 4 nitrogen and oxygen atoms in total. The molecular weight excluding hydrogens is 324 g/mol. The quantitative estimate of drug-likeness (QED) is 0.802. The van der Waals surface area contributed by atoms with Crippen LogP contribution >= 0.6 is 11.6 Å². The fourth-order valence-corrected chi connectivity index (χ4v) is 4.66. The van der Waals surface area contributed by atoms with Gasteiger partial charge in [-0.3, -0.25) is 0 Å². The van der Waals surface area contributed by atoms with Crippen LogP contribution in [0.4, 0.5) is 10.5 Å². The molecule has 4 atom stereocenters. The van der Waals surface area contributed by atoms with Crippen molar-refractivity contribution in [1.29, 1.82) is 0 Å². The van der Waals surface area contributed by atoms with Gasteiger partial charge in [-0.25, -0.2) is 4.79 Å². The smallest absolute Gasteiger partial charge is 0.407 e. The Balaban J connectivity index is 1.80. The molecule has 132 valence electrons. The zero-order chi connectivity index (χ0) is 17.6. The van der Waals surface area contributed by atoms with E-state index >= 15 is 0 Å². The molecule has 5 heteroatoms. The number of hydrogen-bond donors (Lipinski definition) is 2. The third-order valence-corrected chi connectivity index (χ3v) is 5.90. The van der Waals surface area contributed by atoms with E-state index in [0.717, 1.165) is 23.6 Å². The van der Waals surface area contributed by atoms with Crippen LogP contribution in [0.25, 0.3) is 0 Å². The van der Waals surface area contributed by atoms with Gasteiger partial charge in [-0.05, 0) is 63.1 Å². The fraction of sp³-hybridized carbons (Fsp3) is 0.632. The zero-order valence-corrected chi connectivity index (χ0v) is 15.6. The van der Waals surface area contributed by atoms with Gasteiger partial charge in [-0.15, -0.1) is 0 Å². The molecule has 1 aromatic rings. The van der Waals surface area contributed by atoms with Gasteiger partial charge in [0.2, 0.25) is 0 Å². The van der Waals surface area contributed by atoms with E-state index in [-0.39, 0.29) is 5.54 Å². The molecule has 1 aliphatic carbocycles. The number of anilines is 1. The first-order valence-electron chi connectivity index (χ1n) is 8.75. The van der Waals surface area contributed by atoms with Crippen molar-refractivity contribution in [2.45, 2.75) is 58.0 Å². The molecule has 2 N–H and O–H groups in total. The molecule has 0 radical (unpaired) electrons. The van der Waals surface area contributed by atoms with E-state index in [2.05, 4.69) is 18.3 Å². The van der Waals surface area contributed by atoms with Gasteiger partial charge in [0, 0.05) is 34.8 Å². The Bertz CT molecular complexity index is 641. The van der Waals surface area contributed by atoms with Crippen molar-refractivity contribution in [2.24, 2.45) is 11.8 Å². The standard InChI is InChI=1S/C19H27ClN2O2/c1-11(10-22(18(23)24)19(2,3)4)13-7-8-15-17(13)14-6-5-12(20)9-16(14)21-15/h5-6,9,11,13,15,17,21H,7-8,10H2,1-4H3,(H,23,24). The van der Waals surface area contributed by atoms with Crippen LogP contribution in [-0.2, 0) is 0 Å². The average molecular weight is 351 g/mol. The van der Waals surface area contributed by atoms with Gasteiger partial charge in [0.15, 0.2) is 0 Å². The summed E-state index contributed by atoms with van der Waals surface area (Å²) < 4.78 is 0. The summed E-state index contributed by atoms with van der Waals surface area (Å²) in [5, 5.41) is 13.9. The first-order valence-corrected chi connectivity index (χ1v) is 9.13. The summed E-state index contributed by atoms with van der Waals surface area (Å²) in [6.07, 6.45) is 1.44. The molecule has 24 heavy (non-hydrogen) atoms. The molecule has 1 saturated carbocycles. The highest BCUT2D eigenvalue weighted by molar-refractivity contribution is 6.30. The van der Waals surface area contributed by atoms with Crippen molar-refractivity contribution in [3.8, 4) is 0 Å². The number of carboxylic acid groups (broad SMARTS) is 1. The Hall–Kier alpha value is -1.42. The van der Waals surface area contributed by atoms with Crippen LogP contribution in [0.15, 0.2) is 18.2 Å². The van der Waals surface area contributed by atoms with Gasteiger partial charge >= 0.3 is 6.09 Å². The van der Waals surface area contributed by atoms with E-state index in [4.69, 9.17) is 11.6 Å². The molecule has 0 saturated heterocycles. The Kier molecular flexibility index (Phi) is 4.45. The summed E-state index contributed by atoms with van der Waals surface area (Å²) in [5.74, 6) is 1.27. The summed E-state index contributed by atoms with van der Waals surface area (Å²) in [4.78, 5) is 13.2. The number of amides is 1. The number of carbonyl (C=O) groups is 1. The molecule has 1 aromatic carbocycles. The fourth-order valence-electron chi connectivity index (χ4n) is 4.48. The topological polar surface area (TPSA) is 52.6 Å². The van der Waals surface area contributed by atoms with Gasteiger partial charge in [-0.1, -0.05) is 24.6 Å². The summed E-state index contributed by atoms with van der Waals surface area (Å²) in [7, 11) is 0. The van der Waals surface area contributed by atoms with Crippen LogP contribution < -0.4 is 5.32 Å². The van der Waals surface area contributed by atoms with E-state index in [1.54, 1.807) is 4.90 Å². The number of hydrogen-bond acceptors (Lipinski definition) is 2. The van der Waals surface area contributed by atoms with Crippen molar-refractivity contribution in [3.63, 3.8) is 0 Å². The van der Waals surface area contributed by atoms with Crippen LogP contribution in [0.5, 0.6) is 0 Å². The van der Waals surface area contributed by atoms with Gasteiger partial charge in [0.1, 0.15) is 0 Å². The molecule has 0 bridgehead atoms. The van der Waals surface area contributed by atoms with Crippen LogP contribution in [0.2, 0.25) is 5.02 Å². The maximum Gasteiger partial charge on any atom is 0.407 e. The highest BCUT2D eigenvalue weighted by Crippen LogP contribution is 2.51. The van der Waals surface area contributed by atoms with Crippen molar-refractivity contribution < 1.29 is 9.90 Å². The number of halogens is 1. The molecule has 4 unspecified atom stereocenters. The van der Waals surface area contributed by atoms with Crippen molar-refractivity contribution in [3.05, 3.63) is 28.8 Å². The van der Waals surface area contributed by atoms with Crippen molar-refractivity contribution >= 4 is 23.4 Å². The number of nitrogens with one attached hydrogen (secondary N) is 1. The van der Waals surface area contributed by atoms with Gasteiger partial charge in [0.25, 0.3) is 0 Å². The second-order valence-electron chi connectivity index (χ2n) is 8.29. The monoisotopic (exact) mass is 350 g/mol. The first kappa shape index (κ1) is 17.4. The van der Waals surface area contributed by atoms with Crippen LogP contribution in [0, 0.1) is 11.8 Å². The molecule has 1 fully saturated rings. The molecule has 1 heterocycles. The van der Waals surface area contributed by atoms with Gasteiger partial charge in [-0.2, -0.15) is 0 Å². The zero-order valence-electron chi connectivity index (χ0n) is 14.8. The molecular formula is C19H27ClN2O2. The largest absolute Gasteiger partial charge is 0.465 e. The lowest BCUT2D eigenvalue weighted by Gasteiger charge is -2.37. The number of rotatable bonds is 3. The molecule has 0 spiro atoms. The molecule has 1 aliphatic heterocycles. The third kappa shape index (κ3) is 3.08. The summed E-state index contributed by atoms with van der Waals surface area (Å²) in [5.41, 5.74) is 2.12. The van der Waals surface area contributed by atoms with Crippen LogP contribution in [0.3, 0.4) is 0 Å². The van der Waals surface area contributed by atoms with E-state index in [1.165, 1.54) is 5.56 Å². The predicted molar refractivity (Wildman–Crippen MR) is 98.0 cm³/mol. The Labute approximate surface area is 149 Å². The number of nitrogens with zero attached hydrogens (tertiary/aromatic N) is 1. The first-order chi connectivity index (χ1) is 11.2.